The minimum atomic E-state index is -1.05. The molecule has 1 N–H and O–H groups in total. The Hall–Kier alpha value is -4.92. The highest BCUT2D eigenvalue weighted by atomic mass is 16.6. The van der Waals surface area contributed by atoms with Crippen LogP contribution in [0.25, 0.3) is 0 Å². The Bertz CT molecular complexity index is 1060. The predicted molar refractivity (Wildman–Crippen MR) is 142 cm³/mol. The Balaban J connectivity index is 0.000000543. The minimum absolute atomic E-state index is 0.193. The number of hydrogen-bond acceptors (Lipinski definition) is 8. The molecule has 0 amide bonds. The third-order valence-corrected chi connectivity index (χ3v) is 4.00. The number of methoxy groups -OCH3 is 1. The second-order valence-corrected chi connectivity index (χ2v) is 6.87. The standard InChI is InChI=1S/C11H12O3.C10H10O2.C8H10O4/c1-2-11(12)14-9-8-13-10-6-4-3-5-7-10;1-2-10(11)12-8-9-6-4-3-5-7-9;1-6(8(11)12-2)4-3-5-7(9)10/h2-7H,1,8-9H2;2-7H,1,8H2;3,5H,1,4H2,2H3,(H,9,10). The van der Waals surface area contributed by atoms with Gasteiger partial charge in [0.25, 0.3) is 0 Å². The maximum Gasteiger partial charge on any atom is 0.333 e. The van der Waals surface area contributed by atoms with E-state index in [-0.39, 0.29) is 24.6 Å². The summed E-state index contributed by atoms with van der Waals surface area (Å²) in [6, 6.07) is 18.9. The van der Waals surface area contributed by atoms with Crippen LogP contribution in [0.2, 0.25) is 0 Å². The van der Waals surface area contributed by atoms with Crippen LogP contribution in [-0.2, 0) is 40.0 Å². The summed E-state index contributed by atoms with van der Waals surface area (Å²) in [6.07, 6.45) is 4.76. The first kappa shape index (κ1) is 33.1. The van der Waals surface area contributed by atoms with E-state index in [2.05, 4.69) is 24.5 Å². The molecule has 0 bridgehead atoms. The fourth-order valence-electron chi connectivity index (χ4n) is 2.19. The SMILES string of the molecule is C=C(CC=CC(=O)O)C(=O)OC.C=CC(=O)OCCOc1ccccc1.C=CC(=O)OCc1ccccc1. The molecule has 0 aliphatic heterocycles. The predicted octanol–water partition coefficient (Wildman–Crippen LogP) is 4.46. The Morgan fingerprint density at radius 2 is 1.39 bits per heavy atom. The molecule has 0 unspecified atom stereocenters. The summed E-state index contributed by atoms with van der Waals surface area (Å²) < 4.78 is 19.2. The van der Waals surface area contributed by atoms with Crippen molar-refractivity contribution >= 4 is 23.9 Å². The summed E-state index contributed by atoms with van der Waals surface area (Å²) in [4.78, 5) is 41.9. The van der Waals surface area contributed by atoms with E-state index in [9.17, 15) is 19.2 Å². The van der Waals surface area contributed by atoms with E-state index in [0.29, 0.717) is 13.2 Å². The maximum absolute atomic E-state index is 10.7. The lowest BCUT2D eigenvalue weighted by Crippen LogP contribution is -2.09. The van der Waals surface area contributed by atoms with Gasteiger partial charge in [0.05, 0.1) is 7.11 Å². The molecule has 0 atom stereocenters. The van der Waals surface area contributed by atoms with Crippen LogP contribution in [0.3, 0.4) is 0 Å². The number of benzene rings is 2. The molecule has 2 rings (SSSR count). The number of hydrogen-bond donors (Lipinski definition) is 1. The van der Waals surface area contributed by atoms with Crippen molar-refractivity contribution in [3.63, 3.8) is 0 Å². The van der Waals surface area contributed by atoms with Gasteiger partial charge in [0.15, 0.2) is 0 Å². The van der Waals surface area contributed by atoms with Crippen molar-refractivity contribution in [2.24, 2.45) is 0 Å². The molecule has 2 aromatic carbocycles. The van der Waals surface area contributed by atoms with Gasteiger partial charge in [-0.1, -0.05) is 74.3 Å². The molecule has 0 fully saturated rings. The lowest BCUT2D eigenvalue weighted by molar-refractivity contribution is -0.139. The van der Waals surface area contributed by atoms with Gasteiger partial charge in [0.1, 0.15) is 25.6 Å². The Kier molecular flexibility index (Phi) is 18.6. The summed E-state index contributed by atoms with van der Waals surface area (Å²) in [5.41, 5.74) is 1.21. The largest absolute Gasteiger partial charge is 0.490 e. The van der Waals surface area contributed by atoms with Crippen molar-refractivity contribution in [2.45, 2.75) is 13.0 Å². The van der Waals surface area contributed by atoms with Gasteiger partial charge in [-0.15, -0.1) is 0 Å². The number of esters is 3. The van der Waals surface area contributed by atoms with Gasteiger partial charge in [-0.2, -0.15) is 0 Å². The lowest BCUT2D eigenvalue weighted by Gasteiger charge is -2.05. The van der Waals surface area contributed by atoms with Gasteiger partial charge < -0.3 is 24.1 Å². The highest BCUT2D eigenvalue weighted by Crippen LogP contribution is 2.07. The molecule has 9 nitrogen and oxygen atoms in total. The zero-order chi connectivity index (χ0) is 28.6. The van der Waals surface area contributed by atoms with Crippen LogP contribution in [-0.4, -0.2) is 49.3 Å². The van der Waals surface area contributed by atoms with Gasteiger partial charge in [0, 0.05) is 23.8 Å². The van der Waals surface area contributed by atoms with Crippen LogP contribution >= 0.6 is 0 Å². The molecule has 0 spiro atoms. The number of rotatable bonds is 12. The van der Waals surface area contributed by atoms with E-state index in [1.54, 1.807) is 0 Å². The lowest BCUT2D eigenvalue weighted by atomic mass is 10.2. The van der Waals surface area contributed by atoms with Crippen LogP contribution in [0.1, 0.15) is 12.0 Å². The summed E-state index contributed by atoms with van der Waals surface area (Å²) in [5.74, 6) is -1.62. The summed E-state index contributed by atoms with van der Waals surface area (Å²) in [6.45, 7) is 10.9. The Morgan fingerprint density at radius 3 is 1.92 bits per heavy atom. The van der Waals surface area contributed by atoms with Crippen LogP contribution in [0.15, 0.2) is 110 Å². The number of carbonyl (C=O) groups excluding carboxylic acids is 3. The van der Waals surface area contributed by atoms with Gasteiger partial charge >= 0.3 is 23.9 Å². The number of aliphatic carboxylic acids is 1. The average Bonchev–Trinajstić information content (AvgIpc) is 2.94. The van der Waals surface area contributed by atoms with Crippen molar-refractivity contribution < 1.29 is 43.2 Å². The van der Waals surface area contributed by atoms with E-state index in [1.807, 2.05) is 60.7 Å². The van der Waals surface area contributed by atoms with Gasteiger partial charge in [0.2, 0.25) is 0 Å². The molecule has 0 aliphatic carbocycles. The topological polar surface area (TPSA) is 125 Å². The van der Waals surface area contributed by atoms with Crippen LogP contribution in [0.4, 0.5) is 0 Å². The molecule has 0 radical (unpaired) electrons. The second kappa shape index (κ2) is 21.4. The number of carboxylic acids is 1. The average molecular weight is 525 g/mol. The molecule has 202 valence electrons. The smallest absolute Gasteiger partial charge is 0.333 e. The van der Waals surface area contributed by atoms with E-state index in [4.69, 9.17) is 19.3 Å². The highest BCUT2D eigenvalue weighted by Gasteiger charge is 2.03. The van der Waals surface area contributed by atoms with E-state index in [0.717, 1.165) is 29.5 Å². The monoisotopic (exact) mass is 524 g/mol. The minimum Gasteiger partial charge on any atom is -0.490 e. The van der Waals surface area contributed by atoms with Crippen molar-refractivity contribution in [3.8, 4) is 5.75 Å². The molecule has 38 heavy (non-hydrogen) atoms. The quantitative estimate of drug-likeness (QED) is 0.185. The third kappa shape index (κ3) is 18.4. The van der Waals surface area contributed by atoms with Crippen molar-refractivity contribution in [1.82, 2.24) is 0 Å². The normalized spacial score (nSPS) is 9.29. The first-order chi connectivity index (χ1) is 18.2. The first-order valence-corrected chi connectivity index (χ1v) is 11.2. The fraction of sp³-hybridized carbons (Fsp3) is 0.172. The van der Waals surface area contributed by atoms with Gasteiger partial charge in [-0.25, -0.2) is 19.2 Å². The summed E-state index contributed by atoms with van der Waals surface area (Å²) in [5, 5.41) is 8.19. The van der Waals surface area contributed by atoms with E-state index >= 15 is 0 Å². The van der Waals surface area contributed by atoms with Crippen molar-refractivity contribution in [1.29, 1.82) is 0 Å². The van der Waals surface area contributed by atoms with Gasteiger partial charge in [-0.3, -0.25) is 0 Å². The summed E-state index contributed by atoms with van der Waals surface area (Å²) in [7, 11) is 1.24. The van der Waals surface area contributed by atoms with E-state index in [1.165, 1.54) is 13.2 Å². The van der Waals surface area contributed by atoms with Crippen LogP contribution < -0.4 is 4.74 Å². The molecule has 0 saturated heterocycles. The molecule has 0 aromatic heterocycles. The summed E-state index contributed by atoms with van der Waals surface area (Å²) >= 11 is 0. The second-order valence-electron chi connectivity index (χ2n) is 6.87. The van der Waals surface area contributed by atoms with Crippen LogP contribution in [0, 0.1) is 0 Å². The Morgan fingerprint density at radius 1 is 0.842 bits per heavy atom. The molecular formula is C29H32O9. The molecule has 2 aromatic rings. The maximum atomic E-state index is 10.7. The first-order valence-electron chi connectivity index (χ1n) is 11.2. The zero-order valence-corrected chi connectivity index (χ0v) is 21.2. The molecule has 0 saturated carbocycles. The number of ether oxygens (including phenoxy) is 4. The van der Waals surface area contributed by atoms with Crippen molar-refractivity contribution in [2.75, 3.05) is 20.3 Å². The number of carboxylic acid groups (broad SMARTS) is 1. The van der Waals surface area contributed by atoms with Gasteiger partial charge in [-0.05, 0) is 24.1 Å². The number of carbonyl (C=O) groups is 4. The number of para-hydroxylation sites is 1. The van der Waals surface area contributed by atoms with E-state index < -0.39 is 17.9 Å². The third-order valence-electron chi connectivity index (χ3n) is 4.00. The molecule has 9 heteroatoms. The number of allylic oxidation sites excluding steroid dienone is 1. The zero-order valence-electron chi connectivity index (χ0n) is 21.2. The Labute approximate surface area is 222 Å². The molecule has 0 heterocycles. The van der Waals surface area contributed by atoms with Crippen molar-refractivity contribution in [3.05, 3.63) is 116 Å². The molecule has 0 aliphatic rings. The molecular weight excluding hydrogens is 492 g/mol. The fourth-order valence-corrected chi connectivity index (χ4v) is 2.19. The van der Waals surface area contributed by atoms with Crippen LogP contribution in [0.5, 0.6) is 5.75 Å². The highest BCUT2D eigenvalue weighted by molar-refractivity contribution is 5.88.